The number of carboxylic acid groups (broad SMARTS) is 2. The monoisotopic (exact) mass is 1270 g/mol. The van der Waals surface area contributed by atoms with Gasteiger partial charge in [-0.2, -0.15) is 30.5 Å². The Morgan fingerprint density at radius 2 is 1.21 bits per heavy atom. The number of carbonyl (C=O) groups is 3. The van der Waals surface area contributed by atoms with Gasteiger partial charge < -0.3 is 54.2 Å². The molecule has 94 heavy (non-hydrogen) atoms. The van der Waals surface area contributed by atoms with Crippen molar-refractivity contribution >= 4 is 62.8 Å². The van der Waals surface area contributed by atoms with Crippen molar-refractivity contribution in [1.29, 1.82) is 10.5 Å². The Bertz CT molecular complexity index is 4010. The molecule has 5 aromatic carbocycles. The van der Waals surface area contributed by atoms with Crippen molar-refractivity contribution in [2.75, 3.05) is 98.3 Å². The number of amides is 3. The number of nitriles is 2. The number of rotatable bonds is 14. The van der Waals surface area contributed by atoms with Gasteiger partial charge in [-0.1, -0.05) is 103 Å². The first-order valence-electron chi connectivity index (χ1n) is 32.9. The fourth-order valence-electron chi connectivity index (χ4n) is 14.7. The summed E-state index contributed by atoms with van der Waals surface area (Å²) < 4.78 is 18.5. The topological polar surface area (TPSA) is 253 Å². The zero-order valence-corrected chi connectivity index (χ0v) is 54.5. The molecular formula is C72H84N14O8. The van der Waals surface area contributed by atoms with Crippen molar-refractivity contribution in [2.45, 2.75) is 134 Å². The number of fused-ring (bicyclic) bond motifs is 4. The van der Waals surface area contributed by atoms with Crippen LogP contribution < -0.4 is 34.4 Å². The van der Waals surface area contributed by atoms with Gasteiger partial charge in [0, 0.05) is 97.7 Å². The number of nitrogens with zero attached hydrogens (tertiary/aromatic N) is 13. The zero-order chi connectivity index (χ0) is 65.8. The van der Waals surface area contributed by atoms with Gasteiger partial charge in [-0.05, 0) is 115 Å². The Morgan fingerprint density at radius 1 is 0.628 bits per heavy atom. The molecule has 3 N–H and O–H groups in total. The van der Waals surface area contributed by atoms with Crippen LogP contribution in [0.2, 0.25) is 0 Å². The van der Waals surface area contributed by atoms with Crippen LogP contribution in [0.3, 0.4) is 0 Å². The van der Waals surface area contributed by atoms with Gasteiger partial charge in [0.05, 0.1) is 66.6 Å². The molecule has 4 atom stereocenters. The maximum atomic E-state index is 13.3. The molecule has 0 aliphatic carbocycles. The number of benzene rings is 5. The van der Waals surface area contributed by atoms with Crippen LogP contribution in [0.15, 0.2) is 115 Å². The molecule has 0 saturated carbocycles. The molecule has 0 bridgehead atoms. The van der Waals surface area contributed by atoms with E-state index >= 15 is 0 Å². The highest BCUT2D eigenvalue weighted by atomic mass is 16.6. The summed E-state index contributed by atoms with van der Waals surface area (Å²) in [5.74, 6) is 1.50. The average molecular weight is 1270 g/mol. The second-order valence-electron chi connectivity index (χ2n) is 27.3. The van der Waals surface area contributed by atoms with Crippen LogP contribution >= 0.6 is 0 Å². The number of nitrogens with one attached hydrogen (secondary N) is 1. The number of anilines is 4. The molecule has 22 nitrogen and oxygen atoms in total. The third-order valence-electron chi connectivity index (χ3n) is 19.4. The Kier molecular flexibility index (Phi) is 18.6. The van der Waals surface area contributed by atoms with Crippen molar-refractivity contribution in [1.82, 2.24) is 40.0 Å². The average Bonchev–Trinajstić information content (AvgIpc) is 0.916. The number of ether oxygens (including phenoxy) is 3. The normalized spacial score (nSPS) is 22.0. The molecule has 4 fully saturated rings. The number of hydrogen-bond donors (Lipinski definition) is 3. The standard InChI is InChI=1S/C42H49N7O5.C30H35N7O3/c1-40(2,3)54-39(52)49-22-11-19-41(49,4)29-53-37-44-34-27-46(35-17-10-15-31-14-8-9-16-32(31)35)23-18-33(34)36(45-37)47-24-25-48(38(50)51)42(28-47,20-21-43)26-30-12-6-5-7-13-30;1-30(12-5-14-32-30)20-40-28-33-25-19-35(26-9-4-7-21-6-2-3-8-23(21)26)15-11-24(25)27(34-28)36-16-17-37(29(38)39)22(18-36)10-13-31/h5-10,12-17H,11,18-20,22-29H2,1-4H3,(H,50,51);2-4,6-9,22,32H,5,10-12,14-20H2,1H3,(H,38,39). The van der Waals surface area contributed by atoms with E-state index in [2.05, 4.69) is 123 Å². The van der Waals surface area contributed by atoms with Gasteiger partial charge in [0.1, 0.15) is 30.5 Å². The molecule has 0 radical (unpaired) electrons. The highest BCUT2D eigenvalue weighted by Crippen LogP contribution is 2.40. The molecule has 22 heteroatoms. The van der Waals surface area contributed by atoms with E-state index < -0.39 is 34.9 Å². The maximum absolute atomic E-state index is 13.3. The minimum absolute atomic E-state index is 0.0229. The number of carbonyl (C=O) groups excluding carboxylic acids is 1. The van der Waals surface area contributed by atoms with E-state index in [4.69, 9.17) is 34.1 Å². The lowest BCUT2D eigenvalue weighted by Gasteiger charge is -2.49. The highest BCUT2D eigenvalue weighted by molar-refractivity contribution is 5.95. The lowest BCUT2D eigenvalue weighted by atomic mass is 9.83. The number of piperazine rings is 2. The molecule has 0 spiro atoms. The van der Waals surface area contributed by atoms with E-state index in [-0.39, 0.29) is 50.2 Å². The van der Waals surface area contributed by atoms with Gasteiger partial charge in [0.15, 0.2) is 0 Å². The second-order valence-corrected chi connectivity index (χ2v) is 27.3. The predicted octanol–water partition coefficient (Wildman–Crippen LogP) is 10.9. The summed E-state index contributed by atoms with van der Waals surface area (Å²) >= 11 is 0. The van der Waals surface area contributed by atoms with Crippen LogP contribution in [0.4, 0.5) is 37.4 Å². The van der Waals surface area contributed by atoms with Crippen molar-refractivity contribution in [3.63, 3.8) is 0 Å². The molecule has 4 unspecified atom stereocenters. The molecule has 3 amide bonds. The molecule has 2 aromatic heterocycles. The van der Waals surface area contributed by atoms with E-state index in [1.807, 2.05) is 64.1 Å². The van der Waals surface area contributed by atoms with E-state index in [0.29, 0.717) is 77.1 Å². The minimum atomic E-state index is -1.04. The second kappa shape index (κ2) is 27.1. The summed E-state index contributed by atoms with van der Waals surface area (Å²) in [5, 5.41) is 47.9. The van der Waals surface area contributed by atoms with Crippen LogP contribution in [-0.4, -0.2) is 170 Å². The highest BCUT2D eigenvalue weighted by Gasteiger charge is 2.47. The minimum Gasteiger partial charge on any atom is -0.465 e. The summed E-state index contributed by atoms with van der Waals surface area (Å²) in [6.07, 6.45) is 3.29. The molecule has 8 heterocycles. The molecule has 13 rings (SSSR count). The lowest BCUT2D eigenvalue weighted by Crippen LogP contribution is -2.65. The Balaban J connectivity index is 0.000000188. The summed E-state index contributed by atoms with van der Waals surface area (Å²) in [4.78, 5) is 71.3. The summed E-state index contributed by atoms with van der Waals surface area (Å²) in [5.41, 5.74) is 4.74. The maximum Gasteiger partial charge on any atom is 0.410 e. The predicted molar refractivity (Wildman–Crippen MR) is 360 cm³/mol. The van der Waals surface area contributed by atoms with Crippen LogP contribution in [0.5, 0.6) is 12.0 Å². The van der Waals surface area contributed by atoms with Crippen LogP contribution in [0.1, 0.15) is 101 Å². The SMILES string of the molecule is CC(C)(C)OC(=O)N1CCCC1(C)COc1nc2c(c(N3CCN(C(=O)O)C(CC#N)(Cc4ccccc4)C3)n1)CCN(c1cccc3ccccc13)C2.CC1(COc2nc3c(c(N4CCN(C(=O)O)C(CC#N)C4)n2)CCN(c2cccc4ccccc24)C3)CCCN1. The number of aromatic nitrogens is 4. The number of likely N-dealkylation sites (tertiary alicyclic amines) is 1. The lowest BCUT2D eigenvalue weighted by molar-refractivity contribution is 0.00161. The van der Waals surface area contributed by atoms with Crippen LogP contribution in [-0.2, 0) is 37.1 Å². The van der Waals surface area contributed by atoms with Crippen molar-refractivity contribution in [2.24, 2.45) is 0 Å². The van der Waals surface area contributed by atoms with Gasteiger partial charge >= 0.3 is 30.3 Å². The third-order valence-corrected chi connectivity index (χ3v) is 19.4. The van der Waals surface area contributed by atoms with Gasteiger partial charge in [-0.15, -0.1) is 0 Å². The quantitative estimate of drug-likeness (QED) is 0.0915. The molecular weight excluding hydrogens is 1190 g/mol. The van der Waals surface area contributed by atoms with Crippen molar-refractivity contribution in [3.8, 4) is 24.2 Å². The first-order valence-corrected chi connectivity index (χ1v) is 32.9. The van der Waals surface area contributed by atoms with Crippen LogP contribution in [0.25, 0.3) is 21.5 Å². The fraction of sp³-hybridized carbons (Fsp3) is 0.458. The van der Waals surface area contributed by atoms with Gasteiger partial charge in [-0.25, -0.2) is 14.4 Å². The number of hydrogen-bond acceptors (Lipinski definition) is 17. The summed E-state index contributed by atoms with van der Waals surface area (Å²) in [6, 6.07) is 43.9. The van der Waals surface area contributed by atoms with E-state index in [1.165, 1.54) is 26.3 Å². The molecule has 4 saturated heterocycles. The Labute approximate surface area is 549 Å². The molecule has 6 aliphatic rings. The first kappa shape index (κ1) is 64.4. The smallest absolute Gasteiger partial charge is 0.410 e. The van der Waals surface area contributed by atoms with E-state index in [9.17, 15) is 35.1 Å². The molecule has 7 aromatic rings. The van der Waals surface area contributed by atoms with Crippen molar-refractivity contribution in [3.05, 3.63) is 143 Å². The van der Waals surface area contributed by atoms with Crippen molar-refractivity contribution < 1.29 is 38.8 Å². The Hall–Kier alpha value is -9.67. The first-order chi connectivity index (χ1) is 45.3. The summed E-state index contributed by atoms with van der Waals surface area (Å²) in [7, 11) is 0. The van der Waals surface area contributed by atoms with Gasteiger partial charge in [-0.3, -0.25) is 9.80 Å². The van der Waals surface area contributed by atoms with E-state index in [1.54, 1.807) is 4.90 Å². The third kappa shape index (κ3) is 13.8. The molecule has 6 aliphatic heterocycles. The van der Waals surface area contributed by atoms with E-state index in [0.717, 1.165) is 102 Å². The molecule has 490 valence electrons. The Morgan fingerprint density at radius 3 is 1.79 bits per heavy atom. The van der Waals surface area contributed by atoms with Gasteiger partial charge in [0.25, 0.3) is 0 Å². The fourth-order valence-corrected chi connectivity index (χ4v) is 14.7. The zero-order valence-electron chi connectivity index (χ0n) is 54.5. The summed E-state index contributed by atoms with van der Waals surface area (Å²) in [6.45, 7) is 16.8. The largest absolute Gasteiger partial charge is 0.465 e. The van der Waals surface area contributed by atoms with Gasteiger partial charge in [0.2, 0.25) is 0 Å². The van der Waals surface area contributed by atoms with Crippen LogP contribution in [0, 0.1) is 22.7 Å².